The van der Waals surface area contributed by atoms with Crippen LogP contribution in [-0.2, 0) is 4.74 Å². The molecule has 5 heteroatoms. The first kappa shape index (κ1) is 14.2. The van der Waals surface area contributed by atoms with Gasteiger partial charge in [-0.2, -0.15) is 0 Å². The van der Waals surface area contributed by atoms with Crippen molar-refractivity contribution in [2.75, 3.05) is 32.9 Å². The summed E-state index contributed by atoms with van der Waals surface area (Å²) >= 11 is 0. The van der Waals surface area contributed by atoms with Crippen molar-refractivity contribution >= 4 is 5.96 Å². The van der Waals surface area contributed by atoms with Crippen LogP contribution < -0.4 is 11.1 Å². The van der Waals surface area contributed by atoms with Crippen LogP contribution in [0.1, 0.15) is 26.2 Å². The summed E-state index contributed by atoms with van der Waals surface area (Å²) in [5, 5.41) is 11.5. The van der Waals surface area contributed by atoms with E-state index >= 15 is 0 Å². The number of nitrogens with two attached hydrogens (primary N) is 1. The largest absolute Gasteiger partial charge is 0.394 e. The van der Waals surface area contributed by atoms with Gasteiger partial charge in [0.05, 0.1) is 13.2 Å². The van der Waals surface area contributed by atoms with Crippen LogP contribution in [-0.4, -0.2) is 44.0 Å². The zero-order valence-corrected chi connectivity index (χ0v) is 9.54. The third-order valence-corrected chi connectivity index (χ3v) is 1.80. The maximum Gasteiger partial charge on any atom is 0.188 e. The zero-order chi connectivity index (χ0) is 11.4. The Hall–Kier alpha value is -0.810. The van der Waals surface area contributed by atoms with Crippen molar-refractivity contribution in [3.8, 4) is 0 Å². The lowest BCUT2D eigenvalue weighted by Gasteiger charge is -2.04. The van der Waals surface area contributed by atoms with Crippen molar-refractivity contribution in [2.24, 2.45) is 10.7 Å². The Balaban J connectivity index is 3.25. The zero-order valence-electron chi connectivity index (χ0n) is 9.54. The summed E-state index contributed by atoms with van der Waals surface area (Å²) in [5.74, 6) is 0.505. The van der Waals surface area contributed by atoms with Crippen molar-refractivity contribution in [3.05, 3.63) is 0 Å². The summed E-state index contributed by atoms with van der Waals surface area (Å²) in [5.41, 5.74) is 5.61. The SMILES string of the molecule is CCCCNC(N)=NCCCOCCO. The molecule has 0 rings (SSSR count). The van der Waals surface area contributed by atoms with Gasteiger partial charge in [0.1, 0.15) is 0 Å². The van der Waals surface area contributed by atoms with Gasteiger partial charge in [0.15, 0.2) is 5.96 Å². The van der Waals surface area contributed by atoms with E-state index in [9.17, 15) is 0 Å². The van der Waals surface area contributed by atoms with E-state index in [4.69, 9.17) is 15.6 Å². The molecular weight excluding hydrogens is 194 g/mol. The second kappa shape index (κ2) is 11.3. The van der Waals surface area contributed by atoms with Crippen molar-refractivity contribution in [1.82, 2.24) is 5.32 Å². The first-order valence-corrected chi connectivity index (χ1v) is 5.53. The highest BCUT2D eigenvalue weighted by atomic mass is 16.5. The molecule has 0 amide bonds. The molecule has 0 aliphatic rings. The molecule has 0 atom stereocenters. The Bertz CT molecular complexity index is 163. The summed E-state index contributed by atoms with van der Waals surface area (Å²) in [6.45, 7) is 4.76. The van der Waals surface area contributed by atoms with E-state index in [0.29, 0.717) is 25.7 Å². The van der Waals surface area contributed by atoms with E-state index in [-0.39, 0.29) is 6.61 Å². The van der Waals surface area contributed by atoms with Crippen LogP contribution in [0.3, 0.4) is 0 Å². The van der Waals surface area contributed by atoms with E-state index in [1.807, 2.05) is 0 Å². The van der Waals surface area contributed by atoms with Gasteiger partial charge >= 0.3 is 0 Å². The number of aliphatic imine (C=N–C) groups is 1. The number of rotatable bonds is 9. The van der Waals surface area contributed by atoms with Crippen molar-refractivity contribution in [2.45, 2.75) is 26.2 Å². The fourth-order valence-corrected chi connectivity index (χ4v) is 0.982. The van der Waals surface area contributed by atoms with Crippen LogP contribution in [0, 0.1) is 0 Å². The van der Waals surface area contributed by atoms with E-state index in [2.05, 4.69) is 17.2 Å². The van der Waals surface area contributed by atoms with Crippen LogP contribution in [0.2, 0.25) is 0 Å². The predicted molar refractivity (Wildman–Crippen MR) is 61.9 cm³/mol. The standard InChI is InChI=1S/C10H23N3O2/c1-2-3-5-12-10(11)13-6-4-8-15-9-7-14/h14H,2-9H2,1H3,(H3,11,12,13). The summed E-state index contributed by atoms with van der Waals surface area (Å²) < 4.78 is 5.08. The second-order valence-corrected chi connectivity index (χ2v) is 3.24. The van der Waals surface area contributed by atoms with Crippen LogP contribution in [0.25, 0.3) is 0 Å². The van der Waals surface area contributed by atoms with E-state index in [1.54, 1.807) is 0 Å². The van der Waals surface area contributed by atoms with Crippen LogP contribution in [0.4, 0.5) is 0 Å². The number of guanidine groups is 1. The van der Waals surface area contributed by atoms with Gasteiger partial charge in [-0.15, -0.1) is 0 Å². The molecule has 0 saturated heterocycles. The minimum absolute atomic E-state index is 0.0734. The monoisotopic (exact) mass is 217 g/mol. The minimum atomic E-state index is 0.0734. The Labute approximate surface area is 91.7 Å². The summed E-state index contributed by atoms with van der Waals surface area (Å²) in [6.07, 6.45) is 3.08. The van der Waals surface area contributed by atoms with Gasteiger partial charge in [0, 0.05) is 19.7 Å². The molecular formula is C10H23N3O2. The van der Waals surface area contributed by atoms with Crippen LogP contribution >= 0.6 is 0 Å². The lowest BCUT2D eigenvalue weighted by molar-refractivity contribution is 0.0918. The Morgan fingerprint density at radius 3 is 2.87 bits per heavy atom. The molecule has 0 aromatic heterocycles. The minimum Gasteiger partial charge on any atom is -0.394 e. The lowest BCUT2D eigenvalue weighted by Crippen LogP contribution is -2.32. The first-order chi connectivity index (χ1) is 7.31. The van der Waals surface area contributed by atoms with Gasteiger partial charge < -0.3 is 20.9 Å². The quantitative estimate of drug-likeness (QED) is 0.290. The Morgan fingerprint density at radius 2 is 2.20 bits per heavy atom. The summed E-state index contributed by atoms with van der Waals surface area (Å²) in [7, 11) is 0. The van der Waals surface area contributed by atoms with E-state index in [0.717, 1.165) is 25.8 Å². The number of hydrogen-bond donors (Lipinski definition) is 3. The van der Waals surface area contributed by atoms with Gasteiger partial charge in [0.25, 0.3) is 0 Å². The number of aliphatic hydroxyl groups excluding tert-OH is 1. The van der Waals surface area contributed by atoms with Crippen molar-refractivity contribution in [1.29, 1.82) is 0 Å². The average molecular weight is 217 g/mol. The molecule has 4 N–H and O–H groups in total. The molecule has 5 nitrogen and oxygen atoms in total. The van der Waals surface area contributed by atoms with Crippen molar-refractivity contribution < 1.29 is 9.84 Å². The van der Waals surface area contributed by atoms with Gasteiger partial charge in [-0.1, -0.05) is 13.3 Å². The molecule has 0 saturated carbocycles. The average Bonchev–Trinajstić information content (AvgIpc) is 2.23. The number of ether oxygens (including phenoxy) is 1. The molecule has 0 aromatic rings. The van der Waals surface area contributed by atoms with E-state index < -0.39 is 0 Å². The van der Waals surface area contributed by atoms with Gasteiger partial charge in [-0.05, 0) is 12.8 Å². The normalized spacial score (nSPS) is 11.7. The molecule has 0 aromatic carbocycles. The highest BCUT2D eigenvalue weighted by Crippen LogP contribution is 1.85. The Morgan fingerprint density at radius 1 is 1.40 bits per heavy atom. The molecule has 0 bridgehead atoms. The number of nitrogens with one attached hydrogen (secondary N) is 1. The smallest absolute Gasteiger partial charge is 0.188 e. The maximum absolute atomic E-state index is 8.45. The number of unbranched alkanes of at least 4 members (excludes halogenated alkanes) is 1. The molecule has 0 radical (unpaired) electrons. The Kier molecular flexibility index (Phi) is 10.7. The van der Waals surface area contributed by atoms with Crippen molar-refractivity contribution in [3.63, 3.8) is 0 Å². The molecule has 90 valence electrons. The fraction of sp³-hybridized carbons (Fsp3) is 0.900. The highest BCUT2D eigenvalue weighted by Gasteiger charge is 1.91. The van der Waals surface area contributed by atoms with Gasteiger partial charge in [0.2, 0.25) is 0 Å². The maximum atomic E-state index is 8.45. The van der Waals surface area contributed by atoms with E-state index in [1.165, 1.54) is 0 Å². The molecule has 0 unspecified atom stereocenters. The molecule has 0 heterocycles. The molecule has 0 aliphatic carbocycles. The lowest BCUT2D eigenvalue weighted by atomic mass is 10.3. The molecule has 15 heavy (non-hydrogen) atoms. The van der Waals surface area contributed by atoms with Gasteiger partial charge in [-0.25, -0.2) is 0 Å². The third-order valence-electron chi connectivity index (χ3n) is 1.80. The summed E-state index contributed by atoms with van der Waals surface area (Å²) in [6, 6.07) is 0. The fourth-order valence-electron chi connectivity index (χ4n) is 0.982. The second-order valence-electron chi connectivity index (χ2n) is 3.24. The highest BCUT2D eigenvalue weighted by molar-refractivity contribution is 5.77. The third kappa shape index (κ3) is 11.1. The predicted octanol–water partition coefficient (Wildman–Crippen LogP) is 0.0898. The number of nitrogens with zero attached hydrogens (tertiary/aromatic N) is 1. The number of hydrogen-bond acceptors (Lipinski definition) is 3. The molecule has 0 spiro atoms. The molecule has 0 fully saturated rings. The first-order valence-electron chi connectivity index (χ1n) is 5.53. The van der Waals surface area contributed by atoms with Crippen LogP contribution in [0.5, 0.6) is 0 Å². The number of aliphatic hydroxyl groups is 1. The van der Waals surface area contributed by atoms with Crippen LogP contribution in [0.15, 0.2) is 4.99 Å². The van der Waals surface area contributed by atoms with Gasteiger partial charge in [-0.3, -0.25) is 4.99 Å². The topological polar surface area (TPSA) is 79.9 Å². The summed E-state index contributed by atoms with van der Waals surface area (Å²) in [4.78, 5) is 4.13. The molecule has 0 aliphatic heterocycles.